The van der Waals surface area contributed by atoms with Crippen LogP contribution >= 0.6 is 0 Å². The van der Waals surface area contributed by atoms with Gasteiger partial charge in [0.05, 0.1) is 44.9 Å². The summed E-state index contributed by atoms with van der Waals surface area (Å²) in [4.78, 5) is 32.3. The summed E-state index contributed by atoms with van der Waals surface area (Å²) in [5.41, 5.74) is 5.20. The van der Waals surface area contributed by atoms with Gasteiger partial charge >= 0.3 is 0 Å². The molecule has 0 bridgehead atoms. The minimum atomic E-state index is -2.32. The third-order valence-corrected chi connectivity index (χ3v) is 16.3. The van der Waals surface area contributed by atoms with E-state index in [4.69, 9.17) is 9.47 Å². The van der Waals surface area contributed by atoms with Crippen molar-refractivity contribution in [2.24, 2.45) is 5.92 Å². The minimum Gasteiger partial charge on any atom is -0.497 e. The van der Waals surface area contributed by atoms with Gasteiger partial charge in [-0.3, -0.25) is 19.2 Å². The van der Waals surface area contributed by atoms with Crippen molar-refractivity contribution in [3.8, 4) is 5.75 Å². The van der Waals surface area contributed by atoms with E-state index in [-0.39, 0.29) is 36.0 Å². The normalized spacial score (nSPS) is 22.2. The molecule has 1 fully saturated rings. The molecule has 11 heteroatoms. The molecule has 278 valence electrons. The van der Waals surface area contributed by atoms with E-state index >= 15 is 4.79 Å². The van der Waals surface area contributed by atoms with Crippen molar-refractivity contribution in [2.45, 2.75) is 76.0 Å². The number of anilines is 3. The standard InChI is InChI=1S/C43H47N5O5Si/c1-29-41(54(3,4)35-19-17-34(52-2)18-20-35)39(22-24-46-28-32(23-25-49)44-45-46)53-43(29)36-13-6-8-15-38(36)47(42(43)51)27-30-10-9-12-33(26-30)48-37-14-7-5-11-31(37)16-21-40(48)50/h5-15,17-20,26,28-29,39,41,49H,16,21-25,27H2,1-4H3/t29-,39+,41-,43+/m0/s1. The first-order valence-electron chi connectivity index (χ1n) is 18.9. The van der Waals surface area contributed by atoms with E-state index < -0.39 is 13.7 Å². The molecule has 5 aromatic rings. The van der Waals surface area contributed by atoms with Gasteiger partial charge in [-0.2, -0.15) is 0 Å². The van der Waals surface area contributed by atoms with Crippen LogP contribution in [0, 0.1) is 5.92 Å². The summed E-state index contributed by atoms with van der Waals surface area (Å²) in [6.45, 7) is 7.90. The predicted octanol–water partition coefficient (Wildman–Crippen LogP) is 6.29. The van der Waals surface area contributed by atoms with Gasteiger partial charge < -0.3 is 19.5 Å². The van der Waals surface area contributed by atoms with Gasteiger partial charge in [-0.25, -0.2) is 0 Å². The second-order valence-corrected chi connectivity index (χ2v) is 20.0. The van der Waals surface area contributed by atoms with E-state index in [1.165, 1.54) is 5.19 Å². The molecule has 0 aliphatic carbocycles. The molecule has 4 aromatic carbocycles. The Kier molecular flexibility index (Phi) is 9.49. The average Bonchev–Trinajstić information content (AvgIpc) is 3.84. The van der Waals surface area contributed by atoms with Crippen molar-refractivity contribution in [3.63, 3.8) is 0 Å². The monoisotopic (exact) mass is 741 g/mol. The summed E-state index contributed by atoms with van der Waals surface area (Å²) < 4.78 is 14.6. The summed E-state index contributed by atoms with van der Waals surface area (Å²) in [7, 11) is -0.646. The topological polar surface area (TPSA) is 110 Å². The molecule has 1 saturated heterocycles. The first-order valence-corrected chi connectivity index (χ1v) is 22.0. The number of ether oxygens (including phenoxy) is 2. The number of aryl methyl sites for hydroxylation is 2. The number of hydrogen-bond acceptors (Lipinski definition) is 7. The number of carbonyl (C=O) groups excluding carboxylic acids is 2. The molecule has 2 amide bonds. The number of carbonyl (C=O) groups is 2. The van der Waals surface area contributed by atoms with Gasteiger partial charge in [-0.05, 0) is 65.9 Å². The number of para-hydroxylation sites is 2. The third-order valence-electron chi connectivity index (χ3n) is 11.9. The summed E-state index contributed by atoms with van der Waals surface area (Å²) in [5, 5.41) is 19.3. The van der Waals surface area contributed by atoms with Gasteiger partial charge in [0.15, 0.2) is 5.60 Å². The molecule has 0 unspecified atom stereocenters. The molecular weight excluding hydrogens is 695 g/mol. The van der Waals surface area contributed by atoms with E-state index in [0.717, 1.165) is 51.6 Å². The Morgan fingerprint density at radius 3 is 2.48 bits per heavy atom. The van der Waals surface area contributed by atoms with Gasteiger partial charge in [-0.1, -0.05) is 91.1 Å². The van der Waals surface area contributed by atoms with Crippen LogP contribution in [0.15, 0.2) is 103 Å². The minimum absolute atomic E-state index is 0.0147. The maximum absolute atomic E-state index is 15.3. The highest BCUT2D eigenvalue weighted by atomic mass is 28.3. The van der Waals surface area contributed by atoms with E-state index in [9.17, 15) is 9.90 Å². The lowest BCUT2D eigenvalue weighted by Gasteiger charge is -2.37. The Labute approximate surface area is 317 Å². The van der Waals surface area contributed by atoms with Crippen LogP contribution in [0.3, 0.4) is 0 Å². The van der Waals surface area contributed by atoms with Crippen molar-refractivity contribution in [2.75, 3.05) is 23.5 Å². The van der Waals surface area contributed by atoms with E-state index in [1.54, 1.807) is 7.11 Å². The first kappa shape index (κ1) is 35.9. The second-order valence-electron chi connectivity index (χ2n) is 15.3. The second kappa shape index (κ2) is 14.3. The third kappa shape index (κ3) is 6.04. The van der Waals surface area contributed by atoms with Crippen LogP contribution in [0.5, 0.6) is 5.75 Å². The van der Waals surface area contributed by atoms with Crippen molar-refractivity contribution in [3.05, 3.63) is 126 Å². The number of nitrogens with zero attached hydrogens (tertiary/aromatic N) is 5. The fraction of sp³-hybridized carbons (Fsp3) is 0.349. The highest BCUT2D eigenvalue weighted by Gasteiger charge is 2.66. The number of rotatable bonds is 11. The number of methoxy groups -OCH3 is 1. The molecule has 1 spiro atoms. The molecule has 1 N–H and O–H groups in total. The largest absolute Gasteiger partial charge is 0.497 e. The summed E-state index contributed by atoms with van der Waals surface area (Å²) in [5.74, 6) is 0.681. The van der Waals surface area contributed by atoms with Crippen molar-refractivity contribution >= 4 is 42.1 Å². The average molecular weight is 742 g/mol. The van der Waals surface area contributed by atoms with E-state index in [0.29, 0.717) is 32.4 Å². The summed E-state index contributed by atoms with van der Waals surface area (Å²) >= 11 is 0. The lowest BCUT2D eigenvalue weighted by molar-refractivity contribution is -0.146. The van der Waals surface area contributed by atoms with Crippen LogP contribution < -0.4 is 19.7 Å². The van der Waals surface area contributed by atoms with Gasteiger partial charge in [0.25, 0.3) is 5.91 Å². The number of benzene rings is 4. The van der Waals surface area contributed by atoms with Crippen molar-refractivity contribution in [1.82, 2.24) is 15.0 Å². The fourth-order valence-electron chi connectivity index (χ4n) is 9.32. The number of amides is 2. The molecule has 54 heavy (non-hydrogen) atoms. The van der Waals surface area contributed by atoms with Crippen LogP contribution in [0.1, 0.15) is 42.1 Å². The summed E-state index contributed by atoms with van der Waals surface area (Å²) in [6, 6.07) is 32.5. The zero-order chi connectivity index (χ0) is 37.6. The van der Waals surface area contributed by atoms with Crippen LogP contribution in [-0.2, 0) is 45.9 Å². The Bertz CT molecular complexity index is 2190. The smallest absolute Gasteiger partial charge is 0.264 e. The molecule has 0 saturated carbocycles. The maximum atomic E-state index is 15.3. The van der Waals surface area contributed by atoms with Crippen LogP contribution in [-0.4, -0.2) is 59.8 Å². The number of aromatic nitrogens is 3. The predicted molar refractivity (Wildman–Crippen MR) is 211 cm³/mol. The zero-order valence-electron chi connectivity index (χ0n) is 31.3. The Hall–Kier alpha value is -5.10. The van der Waals surface area contributed by atoms with E-state index in [2.05, 4.69) is 54.6 Å². The maximum Gasteiger partial charge on any atom is 0.264 e. The SMILES string of the molecule is COc1ccc([Si](C)(C)[C@@H]2[C@@H](CCn3cc(CCO)nn3)O[C@]3(C(=O)N(Cc4cccc(N5C(=O)CCc6ccccc65)c4)c4ccccc43)[C@H]2C)cc1. The number of aliphatic hydroxyl groups is 1. The van der Waals surface area contributed by atoms with Gasteiger partial charge in [0.2, 0.25) is 5.91 Å². The van der Waals surface area contributed by atoms with E-state index in [1.807, 2.05) is 93.5 Å². The number of aliphatic hydroxyl groups excluding tert-OH is 1. The van der Waals surface area contributed by atoms with Crippen molar-refractivity contribution in [1.29, 1.82) is 0 Å². The first-order chi connectivity index (χ1) is 26.1. The molecule has 10 nitrogen and oxygen atoms in total. The molecule has 3 aliphatic rings. The fourth-order valence-corrected chi connectivity index (χ4v) is 13.4. The Morgan fingerprint density at radius 2 is 1.70 bits per heavy atom. The quantitative estimate of drug-likeness (QED) is 0.159. The van der Waals surface area contributed by atoms with Gasteiger partial charge in [0.1, 0.15) is 5.75 Å². The van der Waals surface area contributed by atoms with Gasteiger partial charge in [-0.15, -0.1) is 5.10 Å². The molecule has 4 atom stereocenters. The Balaban J connectivity index is 1.15. The lowest BCUT2D eigenvalue weighted by Crippen LogP contribution is -2.51. The van der Waals surface area contributed by atoms with Crippen LogP contribution in [0.4, 0.5) is 17.1 Å². The van der Waals surface area contributed by atoms with Crippen LogP contribution in [0.25, 0.3) is 0 Å². The summed E-state index contributed by atoms with van der Waals surface area (Å²) in [6.07, 6.45) is 3.93. The molecule has 3 aliphatic heterocycles. The van der Waals surface area contributed by atoms with Gasteiger partial charge in [0, 0.05) is 49.4 Å². The molecule has 1 aromatic heterocycles. The number of fused-ring (bicyclic) bond motifs is 3. The molecular formula is C43H47N5O5Si. The zero-order valence-corrected chi connectivity index (χ0v) is 32.3. The highest BCUT2D eigenvalue weighted by Crippen LogP contribution is 2.60. The molecule has 0 radical (unpaired) electrons. The molecule has 4 heterocycles. The lowest BCUT2D eigenvalue weighted by atomic mass is 9.82. The Morgan fingerprint density at radius 1 is 0.944 bits per heavy atom. The van der Waals surface area contributed by atoms with Crippen LogP contribution in [0.2, 0.25) is 18.6 Å². The number of hydrogen-bond donors (Lipinski definition) is 1. The highest BCUT2D eigenvalue weighted by molar-refractivity contribution is 6.91. The molecule has 8 rings (SSSR count). The van der Waals surface area contributed by atoms with Crippen molar-refractivity contribution < 1.29 is 24.2 Å².